The van der Waals surface area contributed by atoms with Crippen LogP contribution in [0.1, 0.15) is 58.1 Å². The molecular weight excluding hydrogens is 176 g/mol. The molecule has 0 nitrogen and oxygen atoms in total. The van der Waals surface area contributed by atoms with Crippen LogP contribution in [0.25, 0.3) is 0 Å². The van der Waals surface area contributed by atoms with E-state index in [4.69, 9.17) is 0 Å². The summed E-state index contributed by atoms with van der Waals surface area (Å²) in [5.41, 5.74) is 3.39. The van der Waals surface area contributed by atoms with Crippen molar-refractivity contribution in [2.75, 3.05) is 0 Å². The molecule has 0 N–H and O–H groups in total. The van der Waals surface area contributed by atoms with Crippen LogP contribution < -0.4 is 0 Å². The Morgan fingerprint density at radius 3 is 2.38 bits per heavy atom. The monoisotopic (exact) mass is 196 g/mol. The lowest BCUT2D eigenvalue weighted by molar-refractivity contribution is 0.574. The maximum absolute atomic E-state index is 2.32. The van der Waals surface area contributed by atoms with Gasteiger partial charge < -0.3 is 0 Å². The zero-order chi connectivity index (χ0) is 10.1. The minimum atomic E-state index is 0.304. The molecule has 1 aromatic heterocycles. The van der Waals surface area contributed by atoms with Crippen molar-refractivity contribution in [1.29, 1.82) is 0 Å². The number of rotatable bonds is 2. The Kier molecular flexibility index (Phi) is 3.18. The van der Waals surface area contributed by atoms with E-state index < -0.39 is 0 Å². The molecule has 0 aliphatic heterocycles. The maximum atomic E-state index is 2.32. The van der Waals surface area contributed by atoms with Crippen LogP contribution in [0.15, 0.2) is 10.8 Å². The third-order valence-electron chi connectivity index (χ3n) is 2.64. The van der Waals surface area contributed by atoms with E-state index in [1.165, 1.54) is 12.0 Å². The van der Waals surface area contributed by atoms with E-state index in [1.807, 2.05) is 11.3 Å². The molecule has 0 aliphatic rings. The fourth-order valence-electron chi connectivity index (χ4n) is 1.52. The molecular formula is C12H20S. The average Bonchev–Trinajstić information content (AvgIpc) is 2.49. The zero-order valence-corrected chi connectivity index (χ0v) is 10.2. The normalized spacial score (nSPS) is 14.5. The van der Waals surface area contributed by atoms with Gasteiger partial charge in [0.15, 0.2) is 0 Å². The molecule has 1 heteroatoms. The molecule has 0 bridgehead atoms. The van der Waals surface area contributed by atoms with Crippen LogP contribution in [0.4, 0.5) is 0 Å². The Labute approximate surface area is 86.0 Å². The van der Waals surface area contributed by atoms with E-state index in [-0.39, 0.29) is 0 Å². The largest absolute Gasteiger partial charge is 0.152 e. The van der Waals surface area contributed by atoms with E-state index in [1.54, 1.807) is 5.56 Å². The van der Waals surface area contributed by atoms with Crippen molar-refractivity contribution in [3.05, 3.63) is 21.9 Å². The Morgan fingerprint density at radius 2 is 1.92 bits per heavy atom. The van der Waals surface area contributed by atoms with Gasteiger partial charge in [-0.05, 0) is 39.6 Å². The second kappa shape index (κ2) is 3.83. The molecule has 0 aromatic carbocycles. The highest BCUT2D eigenvalue weighted by Crippen LogP contribution is 2.34. The molecule has 0 amide bonds. The molecule has 1 atom stereocenters. The first-order chi connectivity index (χ1) is 5.96. The second-order valence-electron chi connectivity index (χ2n) is 4.80. The van der Waals surface area contributed by atoms with Crippen molar-refractivity contribution < 1.29 is 0 Å². The first-order valence-corrected chi connectivity index (χ1v) is 5.97. The molecule has 0 saturated carbocycles. The zero-order valence-electron chi connectivity index (χ0n) is 9.35. The summed E-state index contributed by atoms with van der Waals surface area (Å²) < 4.78 is 0. The molecule has 13 heavy (non-hydrogen) atoms. The van der Waals surface area contributed by atoms with Crippen molar-refractivity contribution >= 4 is 11.3 Å². The number of hydrogen-bond acceptors (Lipinski definition) is 1. The minimum absolute atomic E-state index is 0.304. The second-order valence-corrected chi connectivity index (χ2v) is 5.54. The van der Waals surface area contributed by atoms with Crippen molar-refractivity contribution in [2.45, 2.75) is 52.4 Å². The van der Waals surface area contributed by atoms with Crippen molar-refractivity contribution in [3.8, 4) is 0 Å². The van der Waals surface area contributed by atoms with Crippen LogP contribution in [0.2, 0.25) is 0 Å². The highest BCUT2D eigenvalue weighted by atomic mass is 32.1. The van der Waals surface area contributed by atoms with Gasteiger partial charge >= 0.3 is 0 Å². The topological polar surface area (TPSA) is 0 Å². The molecule has 1 heterocycles. The van der Waals surface area contributed by atoms with Crippen LogP contribution in [-0.4, -0.2) is 0 Å². The van der Waals surface area contributed by atoms with Crippen LogP contribution in [-0.2, 0) is 5.41 Å². The summed E-state index contributed by atoms with van der Waals surface area (Å²) >= 11 is 1.84. The molecule has 0 aliphatic carbocycles. The molecule has 0 radical (unpaired) electrons. The highest BCUT2D eigenvalue weighted by molar-refractivity contribution is 7.08. The van der Waals surface area contributed by atoms with Gasteiger partial charge in [0.1, 0.15) is 0 Å². The number of thiophene rings is 1. The summed E-state index contributed by atoms with van der Waals surface area (Å²) in [4.78, 5) is 0. The van der Waals surface area contributed by atoms with Gasteiger partial charge in [0.25, 0.3) is 0 Å². The molecule has 1 unspecified atom stereocenters. The van der Waals surface area contributed by atoms with Crippen molar-refractivity contribution in [3.63, 3.8) is 0 Å². The van der Waals surface area contributed by atoms with Crippen molar-refractivity contribution in [1.82, 2.24) is 0 Å². The summed E-state index contributed by atoms with van der Waals surface area (Å²) in [6.45, 7) is 11.5. The summed E-state index contributed by atoms with van der Waals surface area (Å²) in [6.07, 6.45) is 1.24. The fourth-order valence-corrected chi connectivity index (χ4v) is 2.72. The molecule has 1 aromatic rings. The van der Waals surface area contributed by atoms with Gasteiger partial charge in [-0.15, -0.1) is 0 Å². The maximum Gasteiger partial charge on any atom is -0.00529 e. The van der Waals surface area contributed by atoms with Gasteiger partial charge in [-0.1, -0.05) is 34.6 Å². The third kappa shape index (κ3) is 2.34. The molecule has 0 saturated heterocycles. The van der Waals surface area contributed by atoms with E-state index in [0.29, 0.717) is 11.3 Å². The van der Waals surface area contributed by atoms with Crippen LogP contribution in [0.5, 0.6) is 0 Å². The lowest BCUT2D eigenvalue weighted by Gasteiger charge is -2.22. The highest BCUT2D eigenvalue weighted by Gasteiger charge is 2.20. The van der Waals surface area contributed by atoms with Gasteiger partial charge in [0.2, 0.25) is 0 Å². The van der Waals surface area contributed by atoms with Gasteiger partial charge in [-0.2, -0.15) is 11.3 Å². The smallest absolute Gasteiger partial charge is 0.00529 e. The molecule has 74 valence electrons. The summed E-state index contributed by atoms with van der Waals surface area (Å²) in [6, 6.07) is 0. The van der Waals surface area contributed by atoms with E-state index in [0.717, 1.165) is 0 Å². The van der Waals surface area contributed by atoms with Gasteiger partial charge in [0.05, 0.1) is 0 Å². The Bertz CT molecular complexity index is 265. The average molecular weight is 196 g/mol. The van der Waals surface area contributed by atoms with E-state index >= 15 is 0 Å². The van der Waals surface area contributed by atoms with E-state index in [2.05, 4.69) is 45.4 Å². The molecule has 0 fully saturated rings. The summed E-state index contributed by atoms with van der Waals surface area (Å²) in [7, 11) is 0. The predicted molar refractivity (Wildman–Crippen MR) is 61.7 cm³/mol. The summed E-state index contributed by atoms with van der Waals surface area (Å²) in [5.74, 6) is 0.709. The van der Waals surface area contributed by atoms with Gasteiger partial charge in [-0.3, -0.25) is 0 Å². The first kappa shape index (κ1) is 10.8. The van der Waals surface area contributed by atoms with Gasteiger partial charge in [-0.25, -0.2) is 0 Å². The number of hydrogen-bond donors (Lipinski definition) is 0. The minimum Gasteiger partial charge on any atom is -0.152 e. The third-order valence-corrected chi connectivity index (χ3v) is 3.41. The summed E-state index contributed by atoms with van der Waals surface area (Å²) in [5, 5.41) is 4.62. The Morgan fingerprint density at radius 1 is 1.31 bits per heavy atom. The fraction of sp³-hybridized carbons (Fsp3) is 0.667. The van der Waals surface area contributed by atoms with Crippen LogP contribution in [0, 0.1) is 0 Å². The van der Waals surface area contributed by atoms with Crippen molar-refractivity contribution in [2.24, 2.45) is 0 Å². The van der Waals surface area contributed by atoms with Crippen LogP contribution >= 0.6 is 11.3 Å². The predicted octanol–water partition coefficient (Wildman–Crippen LogP) is 4.56. The Hall–Kier alpha value is -0.300. The van der Waals surface area contributed by atoms with E-state index in [9.17, 15) is 0 Å². The van der Waals surface area contributed by atoms with Gasteiger partial charge in [0, 0.05) is 0 Å². The molecule has 1 rings (SSSR count). The standard InChI is InChI=1S/C12H20S/c1-6-9(2)10-7-13-8-11(10)12(3,4)5/h7-9H,6H2,1-5H3. The molecule has 0 spiro atoms. The quantitative estimate of drug-likeness (QED) is 0.650. The lowest BCUT2D eigenvalue weighted by Crippen LogP contribution is -2.13. The first-order valence-electron chi connectivity index (χ1n) is 5.03. The lowest BCUT2D eigenvalue weighted by atomic mass is 9.82. The SMILES string of the molecule is CCC(C)c1cscc1C(C)(C)C. The Balaban J connectivity index is 3.03. The van der Waals surface area contributed by atoms with Crippen LogP contribution in [0.3, 0.4) is 0 Å².